The van der Waals surface area contributed by atoms with E-state index in [1.54, 1.807) is 23.1 Å². The van der Waals surface area contributed by atoms with E-state index >= 15 is 0 Å². The Hall–Kier alpha value is -3.96. The predicted octanol–water partition coefficient (Wildman–Crippen LogP) is 4.34. The number of rotatable bonds is 9. The van der Waals surface area contributed by atoms with Gasteiger partial charge in [0, 0.05) is 35.1 Å². The Labute approximate surface area is 203 Å². The quantitative estimate of drug-likeness (QED) is 0.315. The van der Waals surface area contributed by atoms with E-state index in [1.807, 2.05) is 24.3 Å². The van der Waals surface area contributed by atoms with Gasteiger partial charge in [0.2, 0.25) is 5.95 Å². The fourth-order valence-electron chi connectivity index (χ4n) is 3.66. The van der Waals surface area contributed by atoms with Gasteiger partial charge in [0.15, 0.2) is 5.82 Å². The van der Waals surface area contributed by atoms with Gasteiger partial charge in [0.25, 0.3) is 0 Å². The summed E-state index contributed by atoms with van der Waals surface area (Å²) in [6, 6.07) is 11.9. The van der Waals surface area contributed by atoms with Gasteiger partial charge in [-0.1, -0.05) is 23.4 Å². The molecular weight excluding hydrogens is 472 g/mol. The van der Waals surface area contributed by atoms with Gasteiger partial charge < -0.3 is 15.8 Å². The van der Waals surface area contributed by atoms with Gasteiger partial charge in [-0.25, -0.2) is 18.7 Å². The first-order valence-corrected chi connectivity index (χ1v) is 11.7. The van der Waals surface area contributed by atoms with Gasteiger partial charge in [-0.3, -0.25) is 4.68 Å². The lowest BCUT2D eigenvalue weighted by molar-refractivity contribution is 0.329. The third-order valence-corrected chi connectivity index (χ3v) is 6.42. The smallest absolute Gasteiger partial charge is 0.223 e. The minimum Gasteiger partial charge on any atom is -0.492 e. The van der Waals surface area contributed by atoms with Crippen LogP contribution < -0.4 is 15.8 Å². The zero-order valence-corrected chi connectivity index (χ0v) is 19.3. The molecule has 0 aliphatic heterocycles. The molecule has 8 nitrogen and oxygen atoms in total. The van der Waals surface area contributed by atoms with Crippen LogP contribution in [0.3, 0.4) is 0 Å². The molecule has 0 saturated heterocycles. The molecule has 0 aliphatic carbocycles. The third kappa shape index (κ3) is 4.96. The second-order valence-corrected chi connectivity index (χ2v) is 8.65. The molecule has 0 saturated carbocycles. The third-order valence-electron chi connectivity index (χ3n) is 5.22. The molecular formula is C24H21F2N7OS. The van der Waals surface area contributed by atoms with Gasteiger partial charge in [0.1, 0.15) is 23.9 Å². The van der Waals surface area contributed by atoms with Crippen LogP contribution >= 0.6 is 11.3 Å². The minimum atomic E-state index is -0.530. The van der Waals surface area contributed by atoms with E-state index in [0.29, 0.717) is 48.4 Å². The summed E-state index contributed by atoms with van der Waals surface area (Å²) in [4.78, 5) is 9.08. The molecule has 0 aliphatic rings. The summed E-state index contributed by atoms with van der Waals surface area (Å²) >= 11 is 1.37. The van der Waals surface area contributed by atoms with Crippen molar-refractivity contribution in [1.29, 1.82) is 0 Å². The SMILES string of the molecule is NCCOc1ccc(F)cc1-c1cccc2cc(-c3nc(NCCn4ccnn4)ncc3F)sc12. The molecule has 2 aromatic carbocycles. The van der Waals surface area contributed by atoms with Crippen LogP contribution in [0.4, 0.5) is 14.7 Å². The first-order valence-electron chi connectivity index (χ1n) is 10.9. The molecule has 0 fully saturated rings. The summed E-state index contributed by atoms with van der Waals surface area (Å²) in [6.45, 7) is 1.70. The maximum atomic E-state index is 14.8. The first-order chi connectivity index (χ1) is 17.1. The van der Waals surface area contributed by atoms with E-state index < -0.39 is 5.82 Å². The lowest BCUT2D eigenvalue weighted by Crippen LogP contribution is -2.13. The Morgan fingerprint density at radius 2 is 2.03 bits per heavy atom. The molecule has 0 amide bonds. The molecule has 0 radical (unpaired) electrons. The summed E-state index contributed by atoms with van der Waals surface area (Å²) in [5, 5.41) is 11.6. The Kier molecular flexibility index (Phi) is 6.59. The number of benzene rings is 2. The van der Waals surface area contributed by atoms with Crippen molar-refractivity contribution in [3.63, 3.8) is 0 Å². The number of nitrogens with zero attached hydrogens (tertiary/aromatic N) is 5. The number of hydrogen-bond acceptors (Lipinski definition) is 8. The molecule has 178 valence electrons. The van der Waals surface area contributed by atoms with Crippen LogP contribution in [-0.2, 0) is 6.54 Å². The molecule has 0 bridgehead atoms. The summed E-state index contributed by atoms with van der Waals surface area (Å²) in [6.07, 6.45) is 4.49. The number of anilines is 1. The molecule has 3 N–H and O–H groups in total. The van der Waals surface area contributed by atoms with Gasteiger partial charge in [0.05, 0.1) is 23.8 Å². The van der Waals surface area contributed by atoms with E-state index in [1.165, 1.54) is 23.5 Å². The highest BCUT2D eigenvalue weighted by Crippen LogP contribution is 2.42. The molecule has 5 aromatic rings. The number of nitrogens with two attached hydrogens (primary N) is 1. The number of hydrogen-bond donors (Lipinski definition) is 2. The van der Waals surface area contributed by atoms with Crippen molar-refractivity contribution < 1.29 is 13.5 Å². The van der Waals surface area contributed by atoms with Crippen molar-refractivity contribution in [3.8, 4) is 27.4 Å². The van der Waals surface area contributed by atoms with Crippen molar-refractivity contribution in [1.82, 2.24) is 25.0 Å². The monoisotopic (exact) mass is 493 g/mol. The van der Waals surface area contributed by atoms with E-state index in [-0.39, 0.29) is 11.5 Å². The molecule has 0 atom stereocenters. The normalized spacial score (nSPS) is 11.2. The van der Waals surface area contributed by atoms with Crippen LogP contribution in [0.2, 0.25) is 0 Å². The molecule has 3 heterocycles. The Morgan fingerprint density at radius 1 is 1.11 bits per heavy atom. The van der Waals surface area contributed by atoms with Crippen LogP contribution in [0.15, 0.2) is 61.1 Å². The van der Waals surface area contributed by atoms with E-state index in [9.17, 15) is 8.78 Å². The first kappa shape index (κ1) is 22.8. The summed E-state index contributed by atoms with van der Waals surface area (Å²) in [7, 11) is 0. The Bertz CT molecular complexity index is 1460. The number of ether oxygens (including phenoxy) is 1. The summed E-state index contributed by atoms with van der Waals surface area (Å²) in [5.41, 5.74) is 7.16. The van der Waals surface area contributed by atoms with E-state index in [4.69, 9.17) is 10.5 Å². The van der Waals surface area contributed by atoms with Crippen LogP contribution in [0.25, 0.3) is 31.8 Å². The Balaban J connectivity index is 1.48. The highest BCUT2D eigenvalue weighted by molar-refractivity contribution is 7.22. The van der Waals surface area contributed by atoms with Crippen LogP contribution in [0.5, 0.6) is 5.75 Å². The molecule has 3 aromatic heterocycles. The standard InChI is InChI=1S/C24H21F2N7OS/c25-16-4-5-20(34-11-6-27)18(13-16)17-3-1-2-15-12-21(35-23(15)17)22-19(26)14-29-24(31-22)28-7-9-33-10-8-30-32-33/h1-5,8,10,12-14H,6-7,9,11,27H2,(H,28,29,31). The topological polar surface area (TPSA) is 104 Å². The lowest BCUT2D eigenvalue weighted by atomic mass is 10.0. The van der Waals surface area contributed by atoms with Crippen LogP contribution in [0.1, 0.15) is 0 Å². The summed E-state index contributed by atoms with van der Waals surface area (Å²) < 4.78 is 37.2. The average molecular weight is 494 g/mol. The predicted molar refractivity (Wildman–Crippen MR) is 131 cm³/mol. The zero-order chi connectivity index (χ0) is 24.2. The zero-order valence-electron chi connectivity index (χ0n) is 18.5. The molecule has 35 heavy (non-hydrogen) atoms. The van der Waals surface area contributed by atoms with Crippen LogP contribution in [0, 0.1) is 11.6 Å². The summed E-state index contributed by atoms with van der Waals surface area (Å²) in [5.74, 6) is -0.0665. The second kappa shape index (κ2) is 10.1. The fraction of sp³-hybridized carbons (Fsp3) is 0.167. The minimum absolute atomic E-state index is 0.189. The number of nitrogens with one attached hydrogen (secondary N) is 1. The Morgan fingerprint density at radius 3 is 2.86 bits per heavy atom. The number of thiophene rings is 1. The van der Waals surface area contributed by atoms with Crippen LogP contribution in [-0.4, -0.2) is 44.7 Å². The fourth-order valence-corrected chi connectivity index (χ4v) is 4.84. The van der Waals surface area contributed by atoms with Gasteiger partial charge >= 0.3 is 0 Å². The second-order valence-electron chi connectivity index (χ2n) is 7.60. The van der Waals surface area contributed by atoms with Crippen molar-refractivity contribution in [3.05, 3.63) is 72.7 Å². The largest absolute Gasteiger partial charge is 0.492 e. The molecule has 0 unspecified atom stereocenters. The number of fused-ring (bicyclic) bond motifs is 1. The van der Waals surface area contributed by atoms with E-state index in [0.717, 1.165) is 21.8 Å². The van der Waals surface area contributed by atoms with Gasteiger partial charge in [-0.15, -0.1) is 16.4 Å². The maximum Gasteiger partial charge on any atom is 0.223 e. The van der Waals surface area contributed by atoms with Crippen molar-refractivity contribution in [2.75, 3.05) is 25.0 Å². The number of aromatic nitrogens is 5. The van der Waals surface area contributed by atoms with Crippen molar-refractivity contribution >= 4 is 27.4 Å². The maximum absolute atomic E-state index is 14.8. The van der Waals surface area contributed by atoms with Crippen molar-refractivity contribution in [2.45, 2.75) is 6.54 Å². The van der Waals surface area contributed by atoms with E-state index in [2.05, 4.69) is 25.6 Å². The molecule has 0 spiro atoms. The lowest BCUT2D eigenvalue weighted by Gasteiger charge is -2.12. The van der Waals surface area contributed by atoms with Gasteiger partial charge in [-0.2, -0.15) is 0 Å². The van der Waals surface area contributed by atoms with Crippen molar-refractivity contribution in [2.24, 2.45) is 5.73 Å². The number of halogens is 2. The average Bonchev–Trinajstić information content (AvgIpc) is 3.54. The van der Waals surface area contributed by atoms with Gasteiger partial charge in [-0.05, 0) is 29.7 Å². The highest BCUT2D eigenvalue weighted by atomic mass is 32.1. The molecule has 11 heteroatoms. The highest BCUT2D eigenvalue weighted by Gasteiger charge is 2.17. The molecule has 5 rings (SSSR count).